The van der Waals surface area contributed by atoms with Crippen LogP contribution in [0.2, 0.25) is 0 Å². The van der Waals surface area contributed by atoms with E-state index in [4.69, 9.17) is 9.47 Å². The van der Waals surface area contributed by atoms with E-state index in [1.165, 1.54) is 0 Å². The molecule has 0 aliphatic carbocycles. The number of Topliss-reactive ketones (excluding diaryl/α,β-unsaturated/α-hetero) is 1. The lowest BCUT2D eigenvalue weighted by Gasteiger charge is -2.05. The van der Waals surface area contributed by atoms with E-state index in [0.717, 1.165) is 10.0 Å². The van der Waals surface area contributed by atoms with Gasteiger partial charge in [-0.3, -0.25) is 4.79 Å². The van der Waals surface area contributed by atoms with Gasteiger partial charge in [-0.1, -0.05) is 58.4 Å². The first-order valence-corrected chi connectivity index (χ1v) is 9.67. The summed E-state index contributed by atoms with van der Waals surface area (Å²) in [7, 11) is 0. The molecule has 0 bridgehead atoms. The third-order valence-electron chi connectivity index (χ3n) is 4.27. The van der Waals surface area contributed by atoms with Crippen molar-refractivity contribution in [2.24, 2.45) is 0 Å². The summed E-state index contributed by atoms with van der Waals surface area (Å²) >= 11 is 3.33. The van der Waals surface area contributed by atoms with Crippen molar-refractivity contribution in [3.8, 4) is 11.5 Å². The van der Waals surface area contributed by atoms with Crippen molar-refractivity contribution in [3.05, 3.63) is 112 Å². The van der Waals surface area contributed by atoms with Crippen molar-refractivity contribution >= 4 is 33.8 Å². The van der Waals surface area contributed by atoms with Crippen LogP contribution < -0.4 is 9.47 Å². The molecule has 3 aromatic carbocycles. The molecule has 0 spiro atoms. The molecular formula is C24H15BrO4. The minimum atomic E-state index is -0.483. The Kier molecular flexibility index (Phi) is 5.40. The maximum Gasteiger partial charge on any atom is 0.343 e. The fourth-order valence-corrected chi connectivity index (χ4v) is 3.07. The van der Waals surface area contributed by atoms with Gasteiger partial charge in [-0.2, -0.15) is 0 Å². The van der Waals surface area contributed by atoms with E-state index in [2.05, 4.69) is 15.9 Å². The number of ether oxygens (including phenoxy) is 2. The van der Waals surface area contributed by atoms with Gasteiger partial charge >= 0.3 is 5.97 Å². The number of allylic oxidation sites excluding steroid dienone is 3. The molecule has 0 amide bonds. The molecule has 0 saturated heterocycles. The first-order chi connectivity index (χ1) is 14.1. The van der Waals surface area contributed by atoms with Gasteiger partial charge in [0.05, 0.1) is 11.1 Å². The van der Waals surface area contributed by atoms with Crippen LogP contribution in [-0.2, 0) is 0 Å². The zero-order valence-electron chi connectivity index (χ0n) is 15.2. The summed E-state index contributed by atoms with van der Waals surface area (Å²) in [4.78, 5) is 24.8. The molecule has 0 atom stereocenters. The second-order valence-corrected chi connectivity index (χ2v) is 7.20. The van der Waals surface area contributed by atoms with Crippen LogP contribution in [0, 0.1) is 0 Å². The van der Waals surface area contributed by atoms with Gasteiger partial charge in [0.15, 0.2) is 5.76 Å². The second kappa shape index (κ2) is 8.29. The van der Waals surface area contributed by atoms with E-state index < -0.39 is 5.97 Å². The van der Waals surface area contributed by atoms with Crippen LogP contribution in [-0.4, -0.2) is 11.8 Å². The van der Waals surface area contributed by atoms with Crippen LogP contribution in [0.5, 0.6) is 11.5 Å². The zero-order chi connectivity index (χ0) is 20.2. The maximum absolute atomic E-state index is 12.5. The molecule has 4 rings (SSSR count). The Balaban J connectivity index is 1.48. The molecule has 4 nitrogen and oxygen atoms in total. The predicted octanol–water partition coefficient (Wildman–Crippen LogP) is 5.84. The summed E-state index contributed by atoms with van der Waals surface area (Å²) in [5.41, 5.74) is 1.89. The molecular weight excluding hydrogens is 432 g/mol. The molecule has 3 aromatic rings. The molecule has 1 aliphatic heterocycles. The minimum absolute atomic E-state index is 0.205. The van der Waals surface area contributed by atoms with Crippen LogP contribution in [0.4, 0.5) is 0 Å². The van der Waals surface area contributed by atoms with Crippen molar-refractivity contribution in [3.63, 3.8) is 0 Å². The van der Waals surface area contributed by atoms with E-state index in [0.29, 0.717) is 22.6 Å². The van der Waals surface area contributed by atoms with Crippen molar-refractivity contribution in [1.82, 2.24) is 0 Å². The Labute approximate surface area is 176 Å². The third kappa shape index (κ3) is 4.36. The highest BCUT2D eigenvalue weighted by atomic mass is 79.9. The monoisotopic (exact) mass is 446 g/mol. The van der Waals surface area contributed by atoms with Gasteiger partial charge in [0.25, 0.3) is 0 Å². The second-order valence-electron chi connectivity index (χ2n) is 6.29. The van der Waals surface area contributed by atoms with Gasteiger partial charge in [0, 0.05) is 10.5 Å². The van der Waals surface area contributed by atoms with Crippen LogP contribution in [0.3, 0.4) is 0 Å². The van der Waals surface area contributed by atoms with E-state index in [1.807, 2.05) is 36.4 Å². The van der Waals surface area contributed by atoms with E-state index in [1.54, 1.807) is 54.6 Å². The van der Waals surface area contributed by atoms with Crippen molar-refractivity contribution in [2.75, 3.05) is 0 Å². The van der Waals surface area contributed by atoms with Gasteiger partial charge in [-0.25, -0.2) is 4.79 Å². The summed E-state index contributed by atoms with van der Waals surface area (Å²) in [6.45, 7) is 0. The average molecular weight is 447 g/mol. The van der Waals surface area contributed by atoms with Crippen molar-refractivity contribution in [1.29, 1.82) is 0 Å². The molecule has 0 aromatic heterocycles. The normalized spacial score (nSPS) is 14.1. The van der Waals surface area contributed by atoms with Crippen LogP contribution in [0.15, 0.2) is 95.2 Å². The van der Waals surface area contributed by atoms with Gasteiger partial charge in [0.2, 0.25) is 5.78 Å². The van der Waals surface area contributed by atoms with E-state index in [9.17, 15) is 9.59 Å². The highest BCUT2D eigenvalue weighted by molar-refractivity contribution is 9.10. The van der Waals surface area contributed by atoms with Crippen molar-refractivity contribution < 1.29 is 19.1 Å². The molecule has 0 unspecified atom stereocenters. The number of halogens is 1. The average Bonchev–Trinajstić information content (AvgIpc) is 3.04. The van der Waals surface area contributed by atoms with Crippen molar-refractivity contribution in [2.45, 2.75) is 0 Å². The third-order valence-corrected chi connectivity index (χ3v) is 4.80. The Morgan fingerprint density at radius 2 is 1.72 bits per heavy atom. The Morgan fingerprint density at radius 1 is 0.966 bits per heavy atom. The number of esters is 1. The number of hydrogen-bond acceptors (Lipinski definition) is 4. The van der Waals surface area contributed by atoms with E-state index in [-0.39, 0.29) is 11.5 Å². The molecule has 142 valence electrons. The minimum Gasteiger partial charge on any atom is -0.452 e. The van der Waals surface area contributed by atoms with Crippen LogP contribution >= 0.6 is 15.9 Å². The highest BCUT2D eigenvalue weighted by Crippen LogP contribution is 2.34. The maximum atomic E-state index is 12.5. The first-order valence-electron chi connectivity index (χ1n) is 8.88. The first kappa shape index (κ1) is 18.9. The summed E-state index contributed by atoms with van der Waals surface area (Å²) in [5.74, 6) is 0.219. The number of carbonyl (C=O) groups excluding carboxylic acids is 2. The number of benzene rings is 3. The topological polar surface area (TPSA) is 52.6 Å². The summed E-state index contributed by atoms with van der Waals surface area (Å²) in [5, 5.41) is 0. The fraction of sp³-hybridized carbons (Fsp3) is 0. The van der Waals surface area contributed by atoms with Gasteiger partial charge in [0.1, 0.15) is 11.5 Å². The standard InChI is InChI=1S/C24H15BrO4/c25-18-11-9-17(10-12-18)24(27)28-19-13-14-20-22(15-19)29-21(23(20)26)8-4-7-16-5-2-1-3-6-16/h1-15H/b7-4+,21-8-. The summed E-state index contributed by atoms with van der Waals surface area (Å²) < 4.78 is 11.9. The Bertz CT molecular complexity index is 1130. The number of hydrogen-bond donors (Lipinski definition) is 0. The van der Waals surface area contributed by atoms with Gasteiger partial charge < -0.3 is 9.47 Å². The Hall–Kier alpha value is -3.44. The van der Waals surface area contributed by atoms with Crippen LogP contribution in [0.1, 0.15) is 26.3 Å². The predicted molar refractivity (Wildman–Crippen MR) is 114 cm³/mol. The molecule has 1 aliphatic rings. The largest absolute Gasteiger partial charge is 0.452 e. The van der Waals surface area contributed by atoms with Gasteiger partial charge in [-0.15, -0.1) is 0 Å². The summed E-state index contributed by atoms with van der Waals surface area (Å²) in [6, 6.07) is 21.3. The smallest absolute Gasteiger partial charge is 0.343 e. The molecule has 29 heavy (non-hydrogen) atoms. The highest BCUT2D eigenvalue weighted by Gasteiger charge is 2.27. The lowest BCUT2D eigenvalue weighted by atomic mass is 10.1. The zero-order valence-corrected chi connectivity index (χ0v) is 16.8. The number of carbonyl (C=O) groups is 2. The quantitative estimate of drug-likeness (QED) is 0.287. The molecule has 0 N–H and O–H groups in total. The number of rotatable bonds is 4. The number of fused-ring (bicyclic) bond motifs is 1. The lowest BCUT2D eigenvalue weighted by Crippen LogP contribution is -2.08. The van der Waals surface area contributed by atoms with Gasteiger partial charge in [-0.05, 0) is 48.0 Å². The molecule has 0 saturated carbocycles. The van der Waals surface area contributed by atoms with E-state index >= 15 is 0 Å². The number of ketones is 1. The summed E-state index contributed by atoms with van der Waals surface area (Å²) in [6.07, 6.45) is 5.28. The lowest BCUT2D eigenvalue weighted by molar-refractivity contribution is 0.0734. The molecule has 0 fully saturated rings. The molecule has 1 heterocycles. The fourth-order valence-electron chi connectivity index (χ4n) is 2.81. The van der Waals surface area contributed by atoms with Crippen LogP contribution in [0.25, 0.3) is 6.08 Å². The molecule has 5 heteroatoms. The molecule has 0 radical (unpaired) electrons. The SMILES string of the molecule is O=C(Oc1ccc2c(c1)O/C(=C\C=C\c1ccccc1)C2=O)c1ccc(Br)cc1. The Morgan fingerprint density at radius 3 is 2.48 bits per heavy atom.